The minimum absolute atomic E-state index is 0.0979. The van der Waals surface area contributed by atoms with Gasteiger partial charge < -0.3 is 9.73 Å². The number of hydrogen-bond donors (Lipinski definition) is 1. The largest absolute Gasteiger partial charge is 0.468 e. The van der Waals surface area contributed by atoms with Crippen molar-refractivity contribution in [1.82, 2.24) is 10.2 Å². The van der Waals surface area contributed by atoms with Gasteiger partial charge >= 0.3 is 0 Å². The van der Waals surface area contributed by atoms with E-state index in [2.05, 4.69) is 10.2 Å². The van der Waals surface area contributed by atoms with Crippen LogP contribution in [-0.4, -0.2) is 30.4 Å². The second-order valence-electron chi connectivity index (χ2n) is 4.43. The number of carbonyl (C=O) groups excluding carboxylic acids is 1. The zero-order valence-corrected chi connectivity index (χ0v) is 10.3. The number of hydrogen-bond acceptors (Lipinski definition) is 3. The van der Waals surface area contributed by atoms with Crippen LogP contribution in [0.4, 0.5) is 0 Å². The van der Waals surface area contributed by atoms with Crippen molar-refractivity contribution in [3.63, 3.8) is 0 Å². The predicted molar refractivity (Wildman–Crippen MR) is 65.6 cm³/mol. The Kier molecular flexibility index (Phi) is 4.20. The van der Waals surface area contributed by atoms with Gasteiger partial charge in [-0.05, 0) is 38.1 Å². The second kappa shape index (κ2) is 5.87. The third-order valence-corrected chi connectivity index (χ3v) is 3.27. The van der Waals surface area contributed by atoms with E-state index in [1.165, 1.54) is 12.8 Å². The van der Waals surface area contributed by atoms with Crippen LogP contribution in [0.3, 0.4) is 0 Å². The van der Waals surface area contributed by atoms with Crippen LogP contribution in [0.5, 0.6) is 0 Å². The molecule has 1 fully saturated rings. The number of carbonyl (C=O) groups is 1. The van der Waals surface area contributed by atoms with Gasteiger partial charge in [-0.15, -0.1) is 0 Å². The van der Waals surface area contributed by atoms with Crippen molar-refractivity contribution in [1.29, 1.82) is 0 Å². The first-order valence-electron chi connectivity index (χ1n) is 6.35. The first kappa shape index (κ1) is 12.2. The van der Waals surface area contributed by atoms with E-state index in [0.29, 0.717) is 13.0 Å². The van der Waals surface area contributed by atoms with Gasteiger partial charge in [-0.1, -0.05) is 6.92 Å². The van der Waals surface area contributed by atoms with Gasteiger partial charge in [-0.2, -0.15) is 0 Å². The van der Waals surface area contributed by atoms with Gasteiger partial charge in [0, 0.05) is 13.0 Å². The lowest BCUT2D eigenvalue weighted by atomic mass is 10.2. The van der Waals surface area contributed by atoms with Gasteiger partial charge in [0.15, 0.2) is 0 Å². The van der Waals surface area contributed by atoms with Crippen molar-refractivity contribution >= 4 is 5.91 Å². The maximum Gasteiger partial charge on any atom is 0.219 e. The molecule has 1 amide bonds. The van der Waals surface area contributed by atoms with Crippen LogP contribution >= 0.6 is 0 Å². The monoisotopic (exact) mass is 236 g/mol. The van der Waals surface area contributed by atoms with Crippen LogP contribution in [0.2, 0.25) is 0 Å². The van der Waals surface area contributed by atoms with E-state index in [1.54, 1.807) is 6.26 Å². The Hall–Kier alpha value is -1.29. The lowest BCUT2D eigenvalue weighted by Gasteiger charge is -2.25. The van der Waals surface area contributed by atoms with Crippen molar-refractivity contribution < 1.29 is 9.21 Å². The van der Waals surface area contributed by atoms with Crippen LogP contribution in [0.1, 0.15) is 38.0 Å². The summed E-state index contributed by atoms with van der Waals surface area (Å²) in [7, 11) is 0. The molecule has 0 aliphatic carbocycles. The fraction of sp³-hybridized carbons (Fsp3) is 0.615. The Morgan fingerprint density at radius 2 is 2.29 bits per heavy atom. The average Bonchev–Trinajstić information content (AvgIpc) is 3.01. The van der Waals surface area contributed by atoms with E-state index in [1.807, 2.05) is 19.1 Å². The van der Waals surface area contributed by atoms with Gasteiger partial charge in [0.1, 0.15) is 5.76 Å². The molecule has 17 heavy (non-hydrogen) atoms. The molecule has 1 unspecified atom stereocenters. The summed E-state index contributed by atoms with van der Waals surface area (Å²) in [4.78, 5) is 13.7. The van der Waals surface area contributed by atoms with Crippen LogP contribution in [-0.2, 0) is 4.79 Å². The van der Waals surface area contributed by atoms with Gasteiger partial charge in [0.2, 0.25) is 5.91 Å². The molecule has 4 heteroatoms. The highest BCUT2D eigenvalue weighted by atomic mass is 16.3. The molecule has 1 N–H and O–H groups in total. The Morgan fingerprint density at radius 3 is 2.88 bits per heavy atom. The number of furan rings is 1. The summed E-state index contributed by atoms with van der Waals surface area (Å²) in [5.41, 5.74) is 0. The molecular formula is C13H20N2O2. The van der Waals surface area contributed by atoms with E-state index in [9.17, 15) is 4.79 Å². The molecule has 1 aromatic rings. The van der Waals surface area contributed by atoms with Crippen molar-refractivity contribution in [2.45, 2.75) is 32.2 Å². The standard InChI is InChI=1S/C13H20N2O2/c1-2-13(16)14-10-11(12-6-5-9-17-12)15-7-3-4-8-15/h5-6,9,11H,2-4,7-8,10H2,1H3,(H,14,16). The van der Waals surface area contributed by atoms with Crippen LogP contribution in [0.15, 0.2) is 22.8 Å². The summed E-state index contributed by atoms with van der Waals surface area (Å²) in [6.07, 6.45) is 4.70. The molecule has 0 saturated carbocycles. The molecule has 2 heterocycles. The predicted octanol–water partition coefficient (Wildman–Crippen LogP) is 1.94. The topological polar surface area (TPSA) is 45.5 Å². The summed E-state index contributed by atoms with van der Waals surface area (Å²) < 4.78 is 5.48. The second-order valence-corrected chi connectivity index (χ2v) is 4.43. The Labute approximate surface area is 102 Å². The smallest absolute Gasteiger partial charge is 0.219 e. The Bertz CT molecular complexity index is 342. The van der Waals surface area contributed by atoms with Gasteiger partial charge in [-0.25, -0.2) is 0 Å². The molecule has 0 radical (unpaired) electrons. The SMILES string of the molecule is CCC(=O)NCC(c1ccco1)N1CCCC1. The average molecular weight is 236 g/mol. The quantitative estimate of drug-likeness (QED) is 0.849. The minimum Gasteiger partial charge on any atom is -0.468 e. The lowest BCUT2D eigenvalue weighted by molar-refractivity contribution is -0.121. The highest BCUT2D eigenvalue weighted by Gasteiger charge is 2.25. The molecule has 0 aromatic carbocycles. The molecule has 0 bridgehead atoms. The molecule has 1 atom stereocenters. The summed E-state index contributed by atoms with van der Waals surface area (Å²) >= 11 is 0. The van der Waals surface area contributed by atoms with Crippen molar-refractivity contribution in [3.05, 3.63) is 24.2 Å². The summed E-state index contributed by atoms with van der Waals surface area (Å²) in [6.45, 7) is 4.69. The molecule has 1 aliphatic heterocycles. The van der Waals surface area contributed by atoms with Crippen molar-refractivity contribution in [2.75, 3.05) is 19.6 Å². The van der Waals surface area contributed by atoms with Crippen molar-refractivity contribution in [2.24, 2.45) is 0 Å². The molecule has 0 spiro atoms. The maximum absolute atomic E-state index is 11.3. The highest BCUT2D eigenvalue weighted by molar-refractivity contribution is 5.75. The molecule has 94 valence electrons. The Morgan fingerprint density at radius 1 is 1.53 bits per heavy atom. The van der Waals surface area contributed by atoms with E-state index >= 15 is 0 Å². The van der Waals surface area contributed by atoms with Gasteiger partial charge in [0.05, 0.1) is 12.3 Å². The fourth-order valence-electron chi connectivity index (χ4n) is 2.28. The van der Waals surface area contributed by atoms with Crippen molar-refractivity contribution in [3.8, 4) is 0 Å². The normalized spacial score (nSPS) is 18.2. The zero-order valence-electron chi connectivity index (χ0n) is 10.3. The lowest BCUT2D eigenvalue weighted by Crippen LogP contribution is -2.36. The summed E-state index contributed by atoms with van der Waals surface area (Å²) in [5, 5.41) is 2.96. The number of nitrogens with one attached hydrogen (secondary N) is 1. The minimum atomic E-state index is 0.0979. The van der Waals surface area contributed by atoms with E-state index in [4.69, 9.17) is 4.42 Å². The molecule has 2 rings (SSSR count). The number of likely N-dealkylation sites (tertiary alicyclic amines) is 1. The molecule has 1 aromatic heterocycles. The third kappa shape index (κ3) is 3.09. The summed E-state index contributed by atoms with van der Waals surface area (Å²) in [6, 6.07) is 4.07. The fourth-order valence-corrected chi connectivity index (χ4v) is 2.28. The highest BCUT2D eigenvalue weighted by Crippen LogP contribution is 2.24. The molecule has 1 saturated heterocycles. The van der Waals surface area contributed by atoms with Gasteiger partial charge in [-0.3, -0.25) is 9.69 Å². The number of nitrogens with zero attached hydrogens (tertiary/aromatic N) is 1. The van der Waals surface area contributed by atoms with Crippen LogP contribution in [0, 0.1) is 0 Å². The number of rotatable bonds is 5. The molecule has 1 aliphatic rings. The third-order valence-electron chi connectivity index (χ3n) is 3.27. The Balaban J connectivity index is 1.99. The van der Waals surface area contributed by atoms with E-state index in [0.717, 1.165) is 18.8 Å². The zero-order chi connectivity index (χ0) is 12.1. The van der Waals surface area contributed by atoms with Crippen LogP contribution < -0.4 is 5.32 Å². The summed E-state index contributed by atoms with van der Waals surface area (Å²) in [5.74, 6) is 1.05. The molecular weight excluding hydrogens is 216 g/mol. The number of amides is 1. The van der Waals surface area contributed by atoms with Gasteiger partial charge in [0.25, 0.3) is 0 Å². The van der Waals surface area contributed by atoms with Crippen LogP contribution in [0.25, 0.3) is 0 Å². The first-order valence-corrected chi connectivity index (χ1v) is 6.35. The van der Waals surface area contributed by atoms with E-state index in [-0.39, 0.29) is 11.9 Å². The van der Waals surface area contributed by atoms with E-state index < -0.39 is 0 Å². The first-order chi connectivity index (χ1) is 8.31. The maximum atomic E-state index is 11.3. The molecule has 4 nitrogen and oxygen atoms in total.